The van der Waals surface area contributed by atoms with E-state index in [9.17, 15) is 24.6 Å². The van der Waals surface area contributed by atoms with Gasteiger partial charge in [-0.25, -0.2) is 4.79 Å². The van der Waals surface area contributed by atoms with Crippen LogP contribution in [0.5, 0.6) is 0 Å². The Morgan fingerprint density at radius 3 is 2.67 bits per heavy atom. The molecule has 1 aliphatic carbocycles. The minimum Gasteiger partial charge on any atom is -0.481 e. The van der Waals surface area contributed by atoms with Gasteiger partial charge >= 0.3 is 11.7 Å². The topological polar surface area (TPSA) is 159 Å². The van der Waals surface area contributed by atoms with E-state index in [1.54, 1.807) is 0 Å². The van der Waals surface area contributed by atoms with Gasteiger partial charge in [0, 0.05) is 24.2 Å². The van der Waals surface area contributed by atoms with Gasteiger partial charge in [-0.1, -0.05) is 0 Å². The molecule has 9 heteroatoms. The molecule has 2 rings (SSSR count). The molecule has 1 fully saturated rings. The summed E-state index contributed by atoms with van der Waals surface area (Å²) in [7, 11) is 0. The van der Waals surface area contributed by atoms with Crippen LogP contribution in [0.1, 0.15) is 18.9 Å². The summed E-state index contributed by atoms with van der Waals surface area (Å²) in [6.45, 7) is 0. The Bertz CT molecular complexity index is 638. The SMILES string of the molecule is N[C@@H](CC(=O)O)[C@H]1C[C@@H](n2ccc(=O)[nH]c2=O)[C@@H](O)[C@H]1O. The van der Waals surface area contributed by atoms with Gasteiger partial charge < -0.3 is 21.1 Å². The molecule has 21 heavy (non-hydrogen) atoms. The smallest absolute Gasteiger partial charge is 0.328 e. The average molecular weight is 299 g/mol. The molecule has 0 bridgehead atoms. The number of aliphatic hydroxyl groups is 2. The molecule has 0 amide bonds. The lowest BCUT2D eigenvalue weighted by molar-refractivity contribution is -0.137. The summed E-state index contributed by atoms with van der Waals surface area (Å²) in [5.74, 6) is -1.76. The van der Waals surface area contributed by atoms with E-state index in [0.29, 0.717) is 0 Å². The maximum atomic E-state index is 11.7. The zero-order valence-electron chi connectivity index (χ0n) is 11.0. The Morgan fingerprint density at radius 2 is 2.10 bits per heavy atom. The van der Waals surface area contributed by atoms with Crippen LogP contribution in [0.3, 0.4) is 0 Å². The minimum atomic E-state index is -1.27. The van der Waals surface area contributed by atoms with Gasteiger partial charge in [0.25, 0.3) is 5.56 Å². The van der Waals surface area contributed by atoms with Crippen LogP contribution in [0.25, 0.3) is 0 Å². The fraction of sp³-hybridized carbons (Fsp3) is 0.583. The molecular formula is C12H17N3O6. The predicted octanol–water partition coefficient (Wildman–Crippen LogP) is -2.38. The lowest BCUT2D eigenvalue weighted by Crippen LogP contribution is -2.40. The molecule has 0 spiro atoms. The van der Waals surface area contributed by atoms with Gasteiger partial charge in [-0.05, 0) is 6.42 Å². The predicted molar refractivity (Wildman–Crippen MR) is 70.7 cm³/mol. The van der Waals surface area contributed by atoms with Crippen LogP contribution in [-0.4, -0.2) is 49.1 Å². The summed E-state index contributed by atoms with van der Waals surface area (Å²) in [6, 6.07) is -0.477. The molecule has 0 aromatic carbocycles. The van der Waals surface area contributed by atoms with Gasteiger partial charge in [0.15, 0.2) is 0 Å². The van der Waals surface area contributed by atoms with Crippen molar-refractivity contribution in [3.8, 4) is 0 Å². The number of hydrogen-bond acceptors (Lipinski definition) is 6. The van der Waals surface area contributed by atoms with E-state index in [1.807, 2.05) is 0 Å². The molecule has 1 aromatic rings. The van der Waals surface area contributed by atoms with Gasteiger partial charge in [0.2, 0.25) is 0 Å². The third kappa shape index (κ3) is 3.04. The highest BCUT2D eigenvalue weighted by Crippen LogP contribution is 2.36. The first-order chi connectivity index (χ1) is 9.81. The quantitative estimate of drug-likeness (QED) is 0.415. The highest BCUT2D eigenvalue weighted by atomic mass is 16.4. The van der Waals surface area contributed by atoms with E-state index >= 15 is 0 Å². The number of aliphatic carboxylic acids is 1. The number of carboxylic acids is 1. The minimum absolute atomic E-state index is 0.142. The normalized spacial score (nSPS) is 30.2. The van der Waals surface area contributed by atoms with E-state index in [1.165, 1.54) is 6.20 Å². The lowest BCUT2D eigenvalue weighted by Gasteiger charge is -2.21. The van der Waals surface area contributed by atoms with Crippen molar-refractivity contribution >= 4 is 5.97 Å². The van der Waals surface area contributed by atoms with Crippen molar-refractivity contribution in [2.24, 2.45) is 11.7 Å². The molecule has 0 saturated heterocycles. The Balaban J connectivity index is 2.25. The lowest BCUT2D eigenvalue weighted by atomic mass is 9.94. The van der Waals surface area contributed by atoms with Crippen LogP contribution >= 0.6 is 0 Å². The maximum absolute atomic E-state index is 11.7. The van der Waals surface area contributed by atoms with Crippen LogP contribution in [0, 0.1) is 5.92 Å². The zero-order valence-corrected chi connectivity index (χ0v) is 11.0. The Kier molecular flexibility index (Phi) is 4.26. The maximum Gasteiger partial charge on any atom is 0.328 e. The van der Waals surface area contributed by atoms with Crippen LogP contribution < -0.4 is 17.0 Å². The highest BCUT2D eigenvalue weighted by Gasteiger charge is 2.45. The number of H-pyrrole nitrogens is 1. The van der Waals surface area contributed by atoms with Gasteiger partial charge in [0.1, 0.15) is 6.10 Å². The van der Waals surface area contributed by atoms with Crippen molar-refractivity contribution in [1.82, 2.24) is 9.55 Å². The number of nitrogens with one attached hydrogen (secondary N) is 1. The van der Waals surface area contributed by atoms with E-state index in [4.69, 9.17) is 10.8 Å². The third-order valence-electron chi connectivity index (χ3n) is 3.87. The van der Waals surface area contributed by atoms with Crippen molar-refractivity contribution < 1.29 is 20.1 Å². The Labute approximate surface area is 118 Å². The van der Waals surface area contributed by atoms with Crippen molar-refractivity contribution in [3.05, 3.63) is 33.1 Å². The number of hydrogen-bond donors (Lipinski definition) is 5. The molecule has 0 aliphatic heterocycles. The standard InChI is InChI=1S/C12H17N3O6/c13-6(4-9(17)18)5-3-7(11(20)10(5)19)15-2-1-8(16)14-12(15)21/h1-2,5-7,10-11,19-20H,3-4,13H2,(H,17,18)(H,14,16,21)/t5-,6+,7-,10+,11-/m1/s1. The second-order valence-corrected chi connectivity index (χ2v) is 5.23. The van der Waals surface area contributed by atoms with Crippen LogP contribution in [0.2, 0.25) is 0 Å². The molecule has 1 saturated carbocycles. The number of aromatic nitrogens is 2. The second kappa shape index (κ2) is 5.80. The number of carboxylic acid groups (broad SMARTS) is 1. The van der Waals surface area contributed by atoms with Gasteiger partial charge in [-0.3, -0.25) is 19.1 Å². The molecule has 1 aromatic heterocycles. The number of nitrogens with zero attached hydrogens (tertiary/aromatic N) is 1. The Morgan fingerprint density at radius 1 is 1.43 bits per heavy atom. The fourth-order valence-corrected chi connectivity index (χ4v) is 2.79. The van der Waals surface area contributed by atoms with Crippen molar-refractivity contribution in [2.75, 3.05) is 0 Å². The van der Waals surface area contributed by atoms with Crippen LogP contribution in [-0.2, 0) is 4.79 Å². The van der Waals surface area contributed by atoms with E-state index in [0.717, 1.165) is 10.6 Å². The second-order valence-electron chi connectivity index (χ2n) is 5.23. The highest BCUT2D eigenvalue weighted by molar-refractivity contribution is 5.67. The molecular weight excluding hydrogens is 282 g/mol. The summed E-state index contributed by atoms with van der Waals surface area (Å²) in [5.41, 5.74) is 4.47. The first-order valence-electron chi connectivity index (χ1n) is 6.46. The monoisotopic (exact) mass is 299 g/mol. The largest absolute Gasteiger partial charge is 0.481 e. The molecule has 5 atom stereocenters. The van der Waals surface area contributed by atoms with Gasteiger partial charge in [0.05, 0.1) is 18.6 Å². The zero-order chi connectivity index (χ0) is 15.7. The van der Waals surface area contributed by atoms with Crippen molar-refractivity contribution in [1.29, 1.82) is 0 Å². The summed E-state index contributed by atoms with van der Waals surface area (Å²) in [6.07, 6.45) is -1.47. The first kappa shape index (κ1) is 15.4. The summed E-state index contributed by atoms with van der Waals surface area (Å²) in [4.78, 5) is 35.5. The molecule has 0 unspecified atom stereocenters. The van der Waals surface area contributed by atoms with E-state index in [2.05, 4.69) is 4.98 Å². The fourth-order valence-electron chi connectivity index (χ4n) is 2.79. The summed E-state index contributed by atoms with van der Waals surface area (Å²) < 4.78 is 1.11. The van der Waals surface area contributed by atoms with Crippen LogP contribution in [0.4, 0.5) is 0 Å². The molecule has 1 heterocycles. The van der Waals surface area contributed by atoms with E-state index < -0.39 is 47.4 Å². The molecule has 6 N–H and O–H groups in total. The van der Waals surface area contributed by atoms with Crippen molar-refractivity contribution in [2.45, 2.75) is 37.1 Å². The van der Waals surface area contributed by atoms with Gasteiger partial charge in [-0.2, -0.15) is 0 Å². The number of aliphatic hydroxyl groups excluding tert-OH is 2. The number of carbonyl (C=O) groups is 1. The average Bonchev–Trinajstić information content (AvgIpc) is 2.66. The number of rotatable bonds is 4. The summed E-state index contributed by atoms with van der Waals surface area (Å²) >= 11 is 0. The summed E-state index contributed by atoms with van der Waals surface area (Å²) in [5, 5.41) is 28.8. The molecule has 116 valence electrons. The van der Waals surface area contributed by atoms with Gasteiger partial charge in [-0.15, -0.1) is 0 Å². The Hall–Kier alpha value is -1.97. The third-order valence-corrected chi connectivity index (χ3v) is 3.87. The van der Waals surface area contributed by atoms with Crippen molar-refractivity contribution in [3.63, 3.8) is 0 Å². The van der Waals surface area contributed by atoms with Crippen LogP contribution in [0.15, 0.2) is 21.9 Å². The molecule has 0 radical (unpaired) electrons. The molecule has 9 nitrogen and oxygen atoms in total. The number of aromatic amines is 1. The first-order valence-corrected chi connectivity index (χ1v) is 6.46. The molecule has 1 aliphatic rings. The van der Waals surface area contributed by atoms with E-state index in [-0.39, 0.29) is 12.8 Å². The number of nitrogens with two attached hydrogens (primary N) is 1.